The average Bonchev–Trinajstić information content (AvgIpc) is 2.32. The smallest absolute Gasteiger partial charge is 0.325 e. The molecule has 16 heavy (non-hydrogen) atoms. The van der Waals surface area contributed by atoms with Crippen molar-refractivity contribution in [2.45, 2.75) is 0 Å². The Morgan fingerprint density at radius 3 is 3.25 bits per heavy atom. The molecule has 1 aliphatic heterocycles. The van der Waals surface area contributed by atoms with Crippen molar-refractivity contribution < 1.29 is 19.1 Å². The summed E-state index contributed by atoms with van der Waals surface area (Å²) in [6.07, 6.45) is 0. The number of anilines is 1. The van der Waals surface area contributed by atoms with E-state index >= 15 is 0 Å². The lowest BCUT2D eigenvalue weighted by molar-refractivity contribution is -0.140. The average molecular weight is 220 g/mol. The molecule has 0 fully saturated rings. The first-order valence-electron chi connectivity index (χ1n) is 4.72. The van der Waals surface area contributed by atoms with Crippen molar-refractivity contribution in [2.75, 3.05) is 25.2 Å². The van der Waals surface area contributed by atoms with Gasteiger partial charge in [0.25, 0.3) is 5.91 Å². The van der Waals surface area contributed by atoms with Gasteiger partial charge in [-0.25, -0.2) is 0 Å². The molecule has 0 unspecified atom stereocenters. The van der Waals surface area contributed by atoms with Gasteiger partial charge in [-0.15, -0.1) is 0 Å². The molecule has 1 amide bonds. The van der Waals surface area contributed by atoms with Crippen molar-refractivity contribution in [2.24, 2.45) is 0 Å². The Balaban J connectivity index is 2.29. The van der Waals surface area contributed by atoms with Crippen LogP contribution in [0.4, 0.5) is 5.69 Å². The van der Waals surface area contributed by atoms with Crippen molar-refractivity contribution in [1.82, 2.24) is 0 Å². The van der Waals surface area contributed by atoms with Gasteiger partial charge in [0.1, 0.15) is 12.3 Å². The number of ether oxygens (including phenoxy) is 2. The van der Waals surface area contributed by atoms with E-state index in [4.69, 9.17) is 4.74 Å². The van der Waals surface area contributed by atoms with Crippen molar-refractivity contribution in [3.05, 3.63) is 24.3 Å². The van der Waals surface area contributed by atoms with Gasteiger partial charge in [-0.05, 0) is 18.2 Å². The topological polar surface area (TPSA) is 55.8 Å². The van der Waals surface area contributed by atoms with Crippen LogP contribution in [0.25, 0.3) is 0 Å². The van der Waals surface area contributed by atoms with Crippen LogP contribution < -0.4 is 9.64 Å². The molecule has 0 bridgehead atoms. The van der Waals surface area contributed by atoms with E-state index < -0.39 is 5.97 Å². The molecular weight excluding hydrogens is 210 g/mol. The maximum atomic E-state index is 11.6. The van der Waals surface area contributed by atoms with Gasteiger partial charge in [-0.2, -0.15) is 0 Å². The number of esters is 1. The quantitative estimate of drug-likeness (QED) is 0.676. The van der Waals surface area contributed by atoms with Crippen LogP contribution in [0.1, 0.15) is 0 Å². The van der Waals surface area contributed by atoms with Gasteiger partial charge in [0.2, 0.25) is 0 Å². The van der Waals surface area contributed by atoms with Crippen molar-refractivity contribution >= 4 is 17.6 Å². The van der Waals surface area contributed by atoms with Gasteiger partial charge in [-0.3, -0.25) is 14.5 Å². The van der Waals surface area contributed by atoms with E-state index in [9.17, 15) is 9.59 Å². The lowest BCUT2D eigenvalue weighted by Gasteiger charge is -2.28. The first-order valence-corrected chi connectivity index (χ1v) is 4.72. The second kappa shape index (κ2) is 4.22. The molecule has 0 atom stereocenters. The molecule has 83 valence electrons. The number of methoxy groups -OCH3 is 1. The summed E-state index contributed by atoms with van der Waals surface area (Å²) in [5.41, 5.74) is 0.546. The summed E-state index contributed by atoms with van der Waals surface area (Å²) in [4.78, 5) is 24.1. The number of rotatable bonds is 2. The van der Waals surface area contributed by atoms with Gasteiger partial charge in [-0.1, -0.05) is 6.07 Å². The first kappa shape index (κ1) is 10.5. The Labute approximate surface area is 92.6 Å². The van der Waals surface area contributed by atoms with Crippen LogP contribution in [-0.2, 0) is 14.3 Å². The Morgan fingerprint density at radius 1 is 1.69 bits per heavy atom. The lowest BCUT2D eigenvalue weighted by atomic mass is 10.2. The van der Waals surface area contributed by atoms with Crippen LogP contribution in [0.2, 0.25) is 0 Å². The van der Waals surface area contributed by atoms with Gasteiger partial charge in [0, 0.05) is 0 Å². The third-order valence-electron chi connectivity index (χ3n) is 2.26. The molecule has 1 heterocycles. The first-order chi connectivity index (χ1) is 7.72. The van der Waals surface area contributed by atoms with E-state index in [0.29, 0.717) is 11.4 Å². The van der Waals surface area contributed by atoms with E-state index in [1.165, 1.54) is 12.0 Å². The second-order valence-electron chi connectivity index (χ2n) is 3.24. The Bertz CT molecular complexity index is 430. The minimum absolute atomic E-state index is 0.0615. The summed E-state index contributed by atoms with van der Waals surface area (Å²) < 4.78 is 9.75. The standard InChI is InChI=1S/C11H10NO4/c1-15-11(14)6-12-8-4-2-3-5-9(8)16-7-10(12)13/h3-5H,6-7H2,1H3. The van der Waals surface area contributed by atoms with Crippen molar-refractivity contribution in [3.63, 3.8) is 0 Å². The molecule has 1 aromatic carbocycles. The molecule has 1 radical (unpaired) electrons. The Kier molecular flexibility index (Phi) is 2.76. The zero-order valence-corrected chi connectivity index (χ0v) is 8.73. The number of hydrogen-bond acceptors (Lipinski definition) is 4. The number of carbonyl (C=O) groups excluding carboxylic acids is 2. The third kappa shape index (κ3) is 1.84. The van der Waals surface area contributed by atoms with Gasteiger partial charge >= 0.3 is 5.97 Å². The van der Waals surface area contributed by atoms with Crippen LogP contribution in [0, 0.1) is 6.07 Å². The minimum atomic E-state index is -0.468. The second-order valence-corrected chi connectivity index (χ2v) is 3.24. The maximum absolute atomic E-state index is 11.6. The fourth-order valence-corrected chi connectivity index (χ4v) is 1.46. The monoisotopic (exact) mass is 220 g/mol. The van der Waals surface area contributed by atoms with E-state index in [0.717, 1.165) is 0 Å². The van der Waals surface area contributed by atoms with Crippen LogP contribution in [0.3, 0.4) is 0 Å². The van der Waals surface area contributed by atoms with E-state index in [1.54, 1.807) is 18.2 Å². The summed E-state index contributed by atoms with van der Waals surface area (Å²) >= 11 is 0. The third-order valence-corrected chi connectivity index (χ3v) is 2.26. The summed E-state index contributed by atoms with van der Waals surface area (Å²) in [6.45, 7) is -0.169. The molecule has 0 saturated heterocycles. The number of hydrogen-bond donors (Lipinski definition) is 0. The van der Waals surface area contributed by atoms with E-state index in [2.05, 4.69) is 10.8 Å². The number of amides is 1. The normalized spacial score (nSPS) is 14.1. The Morgan fingerprint density at radius 2 is 2.50 bits per heavy atom. The zero-order valence-electron chi connectivity index (χ0n) is 8.73. The highest BCUT2D eigenvalue weighted by Crippen LogP contribution is 2.30. The molecule has 0 saturated carbocycles. The summed E-state index contributed by atoms with van der Waals surface area (Å²) in [7, 11) is 1.28. The molecule has 5 heteroatoms. The molecule has 0 aromatic heterocycles. The molecule has 0 spiro atoms. The van der Waals surface area contributed by atoms with E-state index in [-0.39, 0.29) is 19.1 Å². The summed E-state index contributed by atoms with van der Waals surface area (Å²) in [5, 5.41) is 0. The highest BCUT2D eigenvalue weighted by atomic mass is 16.5. The number of benzene rings is 1. The Hall–Kier alpha value is -2.04. The maximum Gasteiger partial charge on any atom is 0.325 e. The molecule has 1 aliphatic rings. The lowest BCUT2D eigenvalue weighted by Crippen LogP contribution is -2.42. The highest BCUT2D eigenvalue weighted by molar-refractivity contribution is 6.01. The van der Waals surface area contributed by atoms with Crippen LogP contribution in [0.15, 0.2) is 18.2 Å². The minimum Gasteiger partial charge on any atom is -0.482 e. The predicted molar refractivity (Wildman–Crippen MR) is 55.1 cm³/mol. The van der Waals surface area contributed by atoms with Crippen LogP contribution in [0.5, 0.6) is 5.75 Å². The fraction of sp³-hybridized carbons (Fsp3) is 0.273. The molecule has 2 rings (SSSR count). The number of nitrogens with zero attached hydrogens (tertiary/aromatic N) is 1. The summed E-state index contributed by atoms with van der Waals surface area (Å²) in [6, 6.07) is 7.83. The van der Waals surface area contributed by atoms with E-state index in [1.807, 2.05) is 0 Å². The van der Waals surface area contributed by atoms with Gasteiger partial charge in [0.05, 0.1) is 12.8 Å². The number of fused-ring (bicyclic) bond motifs is 1. The zero-order chi connectivity index (χ0) is 11.5. The largest absolute Gasteiger partial charge is 0.482 e. The number of carbonyl (C=O) groups is 2. The SMILES string of the molecule is COC(=O)CN1C(=O)COc2cc[c]cc21. The van der Waals surface area contributed by atoms with Gasteiger partial charge < -0.3 is 9.47 Å². The molecular formula is C11H10NO4. The molecule has 0 aliphatic carbocycles. The van der Waals surface area contributed by atoms with Crippen molar-refractivity contribution in [3.8, 4) is 5.75 Å². The van der Waals surface area contributed by atoms with Gasteiger partial charge in [0.15, 0.2) is 6.61 Å². The molecule has 5 nitrogen and oxygen atoms in total. The fourth-order valence-electron chi connectivity index (χ4n) is 1.46. The molecule has 1 aromatic rings. The van der Waals surface area contributed by atoms with Crippen LogP contribution >= 0.6 is 0 Å². The van der Waals surface area contributed by atoms with Crippen molar-refractivity contribution in [1.29, 1.82) is 0 Å². The predicted octanol–water partition coefficient (Wildman–Crippen LogP) is 0.385. The highest BCUT2D eigenvalue weighted by Gasteiger charge is 2.27. The summed E-state index contributed by atoms with van der Waals surface area (Å²) in [5.74, 6) is -0.162. The molecule has 0 N–H and O–H groups in total. The van der Waals surface area contributed by atoms with Crippen LogP contribution in [-0.4, -0.2) is 32.1 Å².